The van der Waals surface area contributed by atoms with Crippen molar-refractivity contribution in [1.29, 1.82) is 0 Å². The van der Waals surface area contributed by atoms with Crippen LogP contribution in [-0.4, -0.2) is 38.8 Å². The van der Waals surface area contributed by atoms with Crippen LogP contribution in [0.25, 0.3) is 11.9 Å². The van der Waals surface area contributed by atoms with Gasteiger partial charge in [-0.3, -0.25) is 9.30 Å². The van der Waals surface area contributed by atoms with E-state index < -0.39 is 5.83 Å². The lowest BCUT2D eigenvalue weighted by Crippen LogP contribution is -2.16. The molecular formula is C19H18ClF3N4S2. The predicted molar refractivity (Wildman–Crippen MR) is 116 cm³/mol. The SMILES string of the molecule is CN=C(SC1C(c2cc(/C=C(\F)c3cnc(Cl)cn3)ccc2F)[C@@H]1C)N(C)SF. The predicted octanol–water partition coefficient (Wildman–Crippen LogP) is 6.02. The summed E-state index contributed by atoms with van der Waals surface area (Å²) in [4.78, 5) is 11.8. The highest BCUT2D eigenvalue weighted by Crippen LogP contribution is 2.56. The normalized spacial score (nSPS) is 22.0. The quantitative estimate of drug-likeness (QED) is 0.311. The van der Waals surface area contributed by atoms with Crippen LogP contribution in [0.4, 0.5) is 12.7 Å². The summed E-state index contributed by atoms with van der Waals surface area (Å²) in [5.41, 5.74) is 1.06. The highest BCUT2D eigenvalue weighted by molar-refractivity contribution is 8.15. The highest BCUT2D eigenvalue weighted by atomic mass is 35.5. The van der Waals surface area contributed by atoms with Crippen LogP contribution in [0.5, 0.6) is 0 Å². The molecule has 0 saturated heterocycles. The van der Waals surface area contributed by atoms with Gasteiger partial charge in [-0.05, 0) is 35.3 Å². The Labute approximate surface area is 181 Å². The maximum absolute atomic E-state index is 14.5. The average Bonchev–Trinajstić information content (AvgIpc) is 3.35. The number of hydrogen-bond acceptors (Lipinski definition) is 5. The fourth-order valence-corrected chi connectivity index (χ4v) is 4.83. The van der Waals surface area contributed by atoms with Crippen LogP contribution in [0.1, 0.15) is 29.7 Å². The van der Waals surface area contributed by atoms with Crippen molar-refractivity contribution in [3.05, 3.63) is 58.4 Å². The number of rotatable bonds is 5. The van der Waals surface area contributed by atoms with E-state index in [1.807, 2.05) is 6.92 Å². The van der Waals surface area contributed by atoms with E-state index in [9.17, 15) is 12.7 Å². The molecule has 1 aromatic carbocycles. The molecule has 0 N–H and O–H groups in total. The van der Waals surface area contributed by atoms with Crippen LogP contribution < -0.4 is 0 Å². The standard InChI is InChI=1S/C19H18ClF3N4S2/c1-10-17(18(10)28-19(24-2)27(3)29-23)12-6-11(4-5-13(12)21)7-14(22)15-8-26-16(20)9-25-15/h4-10,17-18H,1-3H3/b14-7-,24-19?/t10-,17?,18?/m0/s1. The molecule has 0 spiro atoms. The molecule has 0 amide bonds. The third-order valence-electron chi connectivity index (χ3n) is 4.64. The van der Waals surface area contributed by atoms with E-state index in [2.05, 4.69) is 15.0 Å². The molecule has 3 atom stereocenters. The zero-order chi connectivity index (χ0) is 21.1. The number of hydrogen-bond donors (Lipinski definition) is 0. The lowest BCUT2D eigenvalue weighted by atomic mass is 10.0. The van der Waals surface area contributed by atoms with Gasteiger partial charge in [0.15, 0.2) is 23.3 Å². The van der Waals surface area contributed by atoms with Gasteiger partial charge in [-0.2, -0.15) is 0 Å². The number of thioether (sulfide) groups is 1. The molecule has 1 aliphatic rings. The van der Waals surface area contributed by atoms with E-state index in [4.69, 9.17) is 11.6 Å². The third kappa shape index (κ3) is 5.07. The number of aromatic nitrogens is 2. The lowest BCUT2D eigenvalue weighted by molar-refractivity contribution is 0.607. The second kappa shape index (κ2) is 9.40. The van der Waals surface area contributed by atoms with E-state index in [1.54, 1.807) is 20.2 Å². The Morgan fingerprint density at radius 1 is 1.31 bits per heavy atom. The molecule has 0 aliphatic heterocycles. The Hall–Kier alpha value is -1.71. The van der Waals surface area contributed by atoms with Gasteiger partial charge < -0.3 is 0 Å². The third-order valence-corrected chi connectivity index (χ3v) is 6.99. The molecule has 2 unspecified atom stereocenters. The number of nitrogens with zero attached hydrogens (tertiary/aromatic N) is 4. The van der Waals surface area contributed by atoms with Crippen molar-refractivity contribution >= 4 is 52.8 Å². The molecule has 1 aromatic heterocycles. The molecule has 4 nitrogen and oxygen atoms in total. The van der Waals surface area contributed by atoms with Crippen molar-refractivity contribution in [2.24, 2.45) is 10.9 Å². The molecule has 10 heteroatoms. The number of aliphatic imine (C=N–C) groups is 1. The van der Waals surface area contributed by atoms with E-state index >= 15 is 0 Å². The lowest BCUT2D eigenvalue weighted by Gasteiger charge is -2.14. The average molecular weight is 459 g/mol. The van der Waals surface area contributed by atoms with E-state index in [1.165, 1.54) is 46.7 Å². The van der Waals surface area contributed by atoms with Crippen LogP contribution in [0.3, 0.4) is 0 Å². The van der Waals surface area contributed by atoms with Gasteiger partial charge in [0.2, 0.25) is 0 Å². The molecule has 0 bridgehead atoms. The van der Waals surface area contributed by atoms with Crippen molar-refractivity contribution in [2.45, 2.75) is 18.1 Å². The van der Waals surface area contributed by atoms with Crippen molar-refractivity contribution < 1.29 is 12.7 Å². The first-order chi connectivity index (χ1) is 13.8. The van der Waals surface area contributed by atoms with Gasteiger partial charge in [0.1, 0.15) is 16.7 Å². The molecule has 154 valence electrons. The Kier molecular flexibility index (Phi) is 7.13. The maximum atomic E-state index is 14.5. The zero-order valence-electron chi connectivity index (χ0n) is 15.8. The van der Waals surface area contributed by atoms with Crippen molar-refractivity contribution in [3.8, 4) is 0 Å². The number of amidine groups is 1. The molecule has 29 heavy (non-hydrogen) atoms. The zero-order valence-corrected chi connectivity index (χ0v) is 18.2. The van der Waals surface area contributed by atoms with Gasteiger partial charge in [0.25, 0.3) is 0 Å². The smallest absolute Gasteiger partial charge is 0.170 e. The summed E-state index contributed by atoms with van der Waals surface area (Å²) in [7, 11) is 3.17. The molecule has 0 radical (unpaired) electrons. The van der Waals surface area contributed by atoms with E-state index in [0.29, 0.717) is 16.3 Å². The summed E-state index contributed by atoms with van der Waals surface area (Å²) in [6.07, 6.45) is 3.77. The van der Waals surface area contributed by atoms with Gasteiger partial charge >= 0.3 is 0 Å². The molecule has 1 aliphatic carbocycles. The first-order valence-corrected chi connectivity index (χ1v) is 10.6. The van der Waals surface area contributed by atoms with Crippen molar-refractivity contribution in [1.82, 2.24) is 14.3 Å². The molecule has 1 fully saturated rings. The molecule has 1 heterocycles. The fraction of sp³-hybridized carbons (Fsp3) is 0.316. The minimum absolute atomic E-state index is 0.0454. The highest BCUT2D eigenvalue weighted by Gasteiger charge is 2.50. The van der Waals surface area contributed by atoms with Gasteiger partial charge in [-0.1, -0.05) is 36.4 Å². The van der Waals surface area contributed by atoms with Gasteiger partial charge in [-0.25, -0.2) is 18.7 Å². The van der Waals surface area contributed by atoms with Gasteiger partial charge in [0, 0.05) is 25.3 Å². The Morgan fingerprint density at radius 2 is 2.07 bits per heavy atom. The van der Waals surface area contributed by atoms with Gasteiger partial charge in [-0.15, -0.1) is 3.89 Å². The summed E-state index contributed by atoms with van der Waals surface area (Å²) in [5, 5.41) is 0.758. The Morgan fingerprint density at radius 3 is 2.69 bits per heavy atom. The maximum Gasteiger partial charge on any atom is 0.170 e. The summed E-state index contributed by atoms with van der Waals surface area (Å²) in [6.45, 7) is 2.00. The summed E-state index contributed by atoms with van der Waals surface area (Å²) in [6, 6.07) is 4.47. The van der Waals surface area contributed by atoms with Crippen LogP contribution in [0.15, 0.2) is 35.6 Å². The number of halogens is 4. The minimum Gasteiger partial charge on any atom is -0.271 e. The van der Waals surface area contributed by atoms with Crippen molar-refractivity contribution in [2.75, 3.05) is 14.1 Å². The first-order valence-electron chi connectivity index (χ1n) is 8.66. The molecule has 3 rings (SSSR count). The largest absolute Gasteiger partial charge is 0.271 e. The van der Waals surface area contributed by atoms with E-state index in [-0.39, 0.29) is 46.1 Å². The van der Waals surface area contributed by atoms with Crippen LogP contribution in [0.2, 0.25) is 5.15 Å². The van der Waals surface area contributed by atoms with Crippen LogP contribution in [-0.2, 0) is 0 Å². The fourth-order valence-electron chi connectivity index (χ4n) is 3.05. The topological polar surface area (TPSA) is 41.4 Å². The Bertz CT molecular complexity index is 940. The Balaban J connectivity index is 1.81. The summed E-state index contributed by atoms with van der Waals surface area (Å²) >= 11 is 7.15. The second-order valence-corrected chi connectivity index (χ2v) is 8.76. The van der Waals surface area contributed by atoms with Gasteiger partial charge in [0.05, 0.1) is 12.4 Å². The minimum atomic E-state index is -0.594. The second-order valence-electron chi connectivity index (χ2n) is 6.54. The summed E-state index contributed by atoms with van der Waals surface area (Å²) < 4.78 is 43.1. The van der Waals surface area contributed by atoms with Crippen LogP contribution >= 0.6 is 35.7 Å². The van der Waals surface area contributed by atoms with Crippen molar-refractivity contribution in [3.63, 3.8) is 0 Å². The first kappa shape index (κ1) is 22.0. The monoisotopic (exact) mass is 458 g/mol. The van der Waals surface area contributed by atoms with E-state index in [0.717, 1.165) is 0 Å². The summed E-state index contributed by atoms with van der Waals surface area (Å²) in [5.74, 6) is -0.836. The molecular weight excluding hydrogens is 441 g/mol. The number of benzene rings is 1. The molecule has 1 saturated carbocycles. The van der Waals surface area contributed by atoms with Crippen LogP contribution in [0, 0.1) is 11.7 Å². The molecule has 2 aromatic rings.